The summed E-state index contributed by atoms with van der Waals surface area (Å²) in [5.74, 6) is -1.09. The Labute approximate surface area is 93.1 Å². The van der Waals surface area contributed by atoms with Crippen molar-refractivity contribution in [1.29, 1.82) is 0 Å². The largest absolute Gasteiger partial charge is 0.480 e. The number of hydrogen-bond donors (Lipinski definition) is 2. The van der Waals surface area contributed by atoms with E-state index >= 15 is 0 Å². The van der Waals surface area contributed by atoms with Gasteiger partial charge in [0.2, 0.25) is 0 Å². The molecule has 0 aromatic heterocycles. The van der Waals surface area contributed by atoms with Crippen LogP contribution < -0.4 is 5.73 Å². The van der Waals surface area contributed by atoms with Gasteiger partial charge >= 0.3 is 5.97 Å². The first kappa shape index (κ1) is 12.3. The Morgan fingerprint density at radius 2 is 2.56 bits per heavy atom. The van der Waals surface area contributed by atoms with Gasteiger partial charge in [-0.25, -0.2) is 0 Å². The molecule has 1 aliphatic carbocycles. The van der Waals surface area contributed by atoms with Crippen molar-refractivity contribution in [3.05, 3.63) is 34.2 Å². The molecule has 0 saturated heterocycles. The number of azide groups is 1. The van der Waals surface area contributed by atoms with Crippen molar-refractivity contribution < 1.29 is 9.90 Å². The minimum absolute atomic E-state index is 0.104. The van der Waals surface area contributed by atoms with Gasteiger partial charge in [0.15, 0.2) is 0 Å². The molecule has 1 aliphatic rings. The summed E-state index contributed by atoms with van der Waals surface area (Å²) in [6.07, 6.45) is 6.04. The fraction of sp³-hybridized carbons (Fsp3) is 0.500. The molecule has 3 N–H and O–H groups in total. The van der Waals surface area contributed by atoms with E-state index < -0.39 is 17.6 Å². The van der Waals surface area contributed by atoms with Gasteiger partial charge in [0.1, 0.15) is 6.04 Å². The number of rotatable bonds is 4. The molecule has 16 heavy (non-hydrogen) atoms. The normalized spacial score (nSPS) is 25.5. The fourth-order valence-electron chi connectivity index (χ4n) is 1.58. The van der Waals surface area contributed by atoms with E-state index in [1.165, 1.54) is 0 Å². The standard InChI is InChI=1S/C10H14N4O2/c1-7-2-4-10(5-3-7,13-14-12)6-8(11)9(15)16/h2-4,8H,5-6,11H2,1H3,(H,15,16)/t8-,10?/m0/s1. The van der Waals surface area contributed by atoms with Crippen LogP contribution in [0.1, 0.15) is 19.8 Å². The zero-order chi connectivity index (χ0) is 12.2. The first-order valence-corrected chi connectivity index (χ1v) is 4.90. The predicted molar refractivity (Wildman–Crippen MR) is 59.6 cm³/mol. The van der Waals surface area contributed by atoms with Gasteiger partial charge in [0, 0.05) is 4.91 Å². The third-order valence-electron chi connectivity index (χ3n) is 2.57. The molecule has 6 nitrogen and oxygen atoms in total. The van der Waals surface area contributed by atoms with Crippen molar-refractivity contribution >= 4 is 5.97 Å². The van der Waals surface area contributed by atoms with E-state index in [4.69, 9.17) is 16.4 Å². The van der Waals surface area contributed by atoms with Gasteiger partial charge in [-0.3, -0.25) is 4.79 Å². The molecule has 1 unspecified atom stereocenters. The molecule has 0 saturated carbocycles. The maximum Gasteiger partial charge on any atom is 0.320 e. The lowest BCUT2D eigenvalue weighted by Gasteiger charge is -2.28. The highest BCUT2D eigenvalue weighted by molar-refractivity contribution is 5.73. The molecule has 0 aromatic carbocycles. The molecule has 0 aromatic rings. The van der Waals surface area contributed by atoms with Crippen LogP contribution in [0.5, 0.6) is 0 Å². The number of carbonyl (C=O) groups is 1. The van der Waals surface area contributed by atoms with Gasteiger partial charge in [-0.15, -0.1) is 0 Å². The molecule has 0 fully saturated rings. The molecule has 0 heterocycles. The smallest absolute Gasteiger partial charge is 0.320 e. The van der Waals surface area contributed by atoms with Crippen LogP contribution in [-0.4, -0.2) is 22.7 Å². The number of nitrogens with two attached hydrogens (primary N) is 1. The van der Waals surface area contributed by atoms with E-state index in [0.717, 1.165) is 5.57 Å². The Balaban J connectivity index is 2.88. The van der Waals surface area contributed by atoms with Crippen LogP contribution in [0, 0.1) is 0 Å². The van der Waals surface area contributed by atoms with Gasteiger partial charge in [-0.2, -0.15) is 0 Å². The lowest BCUT2D eigenvalue weighted by atomic mass is 9.84. The minimum atomic E-state index is -1.09. The van der Waals surface area contributed by atoms with Crippen LogP contribution in [0.25, 0.3) is 10.4 Å². The zero-order valence-electron chi connectivity index (χ0n) is 9.00. The molecule has 0 bridgehead atoms. The topological polar surface area (TPSA) is 112 Å². The predicted octanol–water partition coefficient (Wildman–Crippen LogP) is 1.74. The average Bonchev–Trinajstić information content (AvgIpc) is 2.23. The van der Waals surface area contributed by atoms with Crippen molar-refractivity contribution in [2.45, 2.75) is 31.3 Å². The maximum atomic E-state index is 10.7. The molecule has 6 heteroatoms. The molecule has 2 atom stereocenters. The minimum Gasteiger partial charge on any atom is -0.480 e. The third-order valence-corrected chi connectivity index (χ3v) is 2.57. The Bertz CT molecular complexity index is 396. The molecular weight excluding hydrogens is 208 g/mol. The van der Waals surface area contributed by atoms with Crippen molar-refractivity contribution in [3.8, 4) is 0 Å². The first-order valence-electron chi connectivity index (χ1n) is 4.90. The average molecular weight is 222 g/mol. The highest BCUT2D eigenvalue weighted by Crippen LogP contribution is 2.29. The molecule has 0 aliphatic heterocycles. The third kappa shape index (κ3) is 2.85. The van der Waals surface area contributed by atoms with E-state index in [9.17, 15) is 4.79 Å². The van der Waals surface area contributed by atoms with Crippen molar-refractivity contribution in [1.82, 2.24) is 0 Å². The number of hydrogen-bond acceptors (Lipinski definition) is 3. The van der Waals surface area contributed by atoms with E-state index in [-0.39, 0.29) is 6.42 Å². The molecule has 0 radical (unpaired) electrons. The van der Waals surface area contributed by atoms with Crippen LogP contribution in [0.4, 0.5) is 0 Å². The maximum absolute atomic E-state index is 10.7. The van der Waals surface area contributed by atoms with E-state index in [2.05, 4.69) is 10.0 Å². The van der Waals surface area contributed by atoms with Gasteiger partial charge in [0.05, 0.1) is 5.54 Å². The SMILES string of the molecule is CC1=CCC(C[C@H](N)C(=O)O)(N=[N+]=[N-])C=C1. The number of allylic oxidation sites excluding steroid dienone is 2. The van der Waals surface area contributed by atoms with Crippen LogP contribution in [-0.2, 0) is 4.79 Å². The summed E-state index contributed by atoms with van der Waals surface area (Å²) in [6, 6.07) is -1.03. The Hall–Kier alpha value is -1.78. The summed E-state index contributed by atoms with van der Waals surface area (Å²) >= 11 is 0. The molecule has 86 valence electrons. The van der Waals surface area contributed by atoms with Gasteiger partial charge in [-0.1, -0.05) is 28.9 Å². The zero-order valence-corrected chi connectivity index (χ0v) is 9.00. The summed E-state index contributed by atoms with van der Waals surface area (Å²) in [4.78, 5) is 13.4. The van der Waals surface area contributed by atoms with E-state index in [1.54, 1.807) is 6.08 Å². The highest BCUT2D eigenvalue weighted by Gasteiger charge is 2.31. The second kappa shape index (κ2) is 4.83. The van der Waals surface area contributed by atoms with E-state index in [0.29, 0.717) is 6.42 Å². The van der Waals surface area contributed by atoms with Gasteiger partial charge < -0.3 is 10.8 Å². The molecule has 1 rings (SSSR count). The lowest BCUT2D eigenvalue weighted by Crippen LogP contribution is -2.39. The summed E-state index contributed by atoms with van der Waals surface area (Å²) in [7, 11) is 0. The Morgan fingerprint density at radius 3 is 3.00 bits per heavy atom. The second-order valence-electron chi connectivity index (χ2n) is 3.93. The first-order chi connectivity index (χ1) is 7.49. The van der Waals surface area contributed by atoms with Crippen molar-refractivity contribution in [2.24, 2.45) is 10.8 Å². The number of aliphatic carboxylic acids is 1. The lowest BCUT2D eigenvalue weighted by molar-refractivity contribution is -0.138. The summed E-state index contributed by atoms with van der Waals surface area (Å²) < 4.78 is 0. The highest BCUT2D eigenvalue weighted by atomic mass is 16.4. The second-order valence-corrected chi connectivity index (χ2v) is 3.93. The van der Waals surface area contributed by atoms with Crippen LogP contribution in [0.15, 0.2) is 28.9 Å². The molecule has 0 spiro atoms. The fourth-order valence-corrected chi connectivity index (χ4v) is 1.58. The molecular formula is C10H14N4O2. The monoisotopic (exact) mass is 222 g/mol. The van der Waals surface area contributed by atoms with Gasteiger partial charge in [-0.05, 0) is 25.3 Å². The van der Waals surface area contributed by atoms with Crippen LogP contribution in [0.2, 0.25) is 0 Å². The number of nitrogens with zero attached hydrogens (tertiary/aromatic N) is 3. The number of carboxylic acid groups (broad SMARTS) is 1. The van der Waals surface area contributed by atoms with Crippen molar-refractivity contribution in [2.75, 3.05) is 0 Å². The summed E-state index contributed by atoms with van der Waals surface area (Å²) in [5, 5.41) is 12.4. The summed E-state index contributed by atoms with van der Waals surface area (Å²) in [5.41, 5.74) is 14.2. The summed E-state index contributed by atoms with van der Waals surface area (Å²) in [6.45, 7) is 1.92. The Kier molecular flexibility index (Phi) is 3.71. The van der Waals surface area contributed by atoms with Crippen LogP contribution >= 0.6 is 0 Å². The van der Waals surface area contributed by atoms with E-state index in [1.807, 2.05) is 19.1 Å². The molecule has 0 amide bonds. The number of carboxylic acids is 1. The quantitative estimate of drug-likeness (QED) is 0.429. The van der Waals surface area contributed by atoms with Gasteiger partial charge in [0.25, 0.3) is 0 Å². The Morgan fingerprint density at radius 1 is 1.88 bits per heavy atom. The van der Waals surface area contributed by atoms with Crippen LogP contribution in [0.3, 0.4) is 0 Å². The van der Waals surface area contributed by atoms with Crippen molar-refractivity contribution in [3.63, 3.8) is 0 Å².